The fourth-order valence-electron chi connectivity index (χ4n) is 4.21. The van der Waals surface area contributed by atoms with Crippen LogP contribution in [0.15, 0.2) is 36.7 Å². The molecule has 1 amide bonds. The normalized spacial score (nSPS) is 15.2. The van der Waals surface area contributed by atoms with Crippen LogP contribution in [0.4, 0.5) is 11.5 Å². The number of nitrogens with one attached hydrogen (secondary N) is 1. The van der Waals surface area contributed by atoms with E-state index in [-0.39, 0.29) is 34.7 Å². The van der Waals surface area contributed by atoms with E-state index >= 15 is 0 Å². The van der Waals surface area contributed by atoms with Crippen LogP contribution < -0.4 is 16.1 Å². The van der Waals surface area contributed by atoms with Gasteiger partial charge in [-0.3, -0.25) is 19.9 Å². The van der Waals surface area contributed by atoms with Gasteiger partial charge in [0, 0.05) is 30.4 Å². The van der Waals surface area contributed by atoms with E-state index in [1.54, 1.807) is 24.5 Å². The van der Waals surface area contributed by atoms with Crippen LogP contribution in [0.25, 0.3) is 10.7 Å². The molecule has 1 fully saturated rings. The van der Waals surface area contributed by atoms with Gasteiger partial charge in [0.05, 0.1) is 17.4 Å². The molecule has 1 saturated heterocycles. The summed E-state index contributed by atoms with van der Waals surface area (Å²) in [6, 6.07) is 8.91. The fourth-order valence-corrected chi connectivity index (χ4v) is 5.15. The van der Waals surface area contributed by atoms with Crippen LogP contribution >= 0.6 is 11.3 Å². The Morgan fingerprint density at radius 3 is 2.84 bits per heavy atom. The van der Waals surface area contributed by atoms with Crippen LogP contribution in [-0.2, 0) is 6.54 Å². The lowest BCUT2D eigenvalue weighted by molar-refractivity contribution is 0.0930. The van der Waals surface area contributed by atoms with E-state index in [9.17, 15) is 15.3 Å². The molecule has 0 radical (unpaired) electrons. The van der Waals surface area contributed by atoms with E-state index in [1.807, 2.05) is 37.4 Å². The van der Waals surface area contributed by atoms with E-state index in [0.29, 0.717) is 18.9 Å². The summed E-state index contributed by atoms with van der Waals surface area (Å²) in [7, 11) is 0. The third kappa shape index (κ3) is 6.40. The number of piperidine rings is 1. The lowest BCUT2D eigenvalue weighted by Gasteiger charge is -2.31. The highest BCUT2D eigenvalue weighted by molar-refractivity contribution is 7.14. The molecule has 37 heavy (non-hydrogen) atoms. The molecule has 3 aromatic heterocycles. The molecular formula is C26H32N8O2S. The quantitative estimate of drug-likeness (QED) is 0.360. The van der Waals surface area contributed by atoms with Crippen LogP contribution in [0.5, 0.6) is 0 Å². The van der Waals surface area contributed by atoms with E-state index < -0.39 is 0 Å². The molecule has 0 aliphatic carbocycles. The van der Waals surface area contributed by atoms with Gasteiger partial charge in [-0.1, -0.05) is 13.0 Å². The van der Waals surface area contributed by atoms with Crippen molar-refractivity contribution in [1.29, 1.82) is 5.26 Å². The predicted octanol–water partition coefficient (Wildman–Crippen LogP) is 3.69. The molecule has 3 aromatic rings. The topological polar surface area (TPSA) is 144 Å². The zero-order valence-corrected chi connectivity index (χ0v) is 21.9. The molecule has 4 heterocycles. The number of amides is 1. The number of thiazole rings is 1. The van der Waals surface area contributed by atoms with Crippen molar-refractivity contribution in [3.63, 3.8) is 0 Å². The maximum absolute atomic E-state index is 12.8. The standard InChI is InChI=1S/C26H32N8O2S/c1-3-17(2)34(36)24-20(13-27)21(28)12-23(32-24)25(35)30-14-18-7-10-33(11-8-18)16-19-15-31-26(37-19)22-6-4-5-9-29-22/h4-6,9,12,15,17-18,36H,3,7-8,10-11,14,16H2,1-2H3,(H2,28,32)(H,30,35). The second-order valence-electron chi connectivity index (χ2n) is 9.29. The van der Waals surface area contributed by atoms with Gasteiger partial charge in [0.2, 0.25) is 0 Å². The van der Waals surface area contributed by atoms with Crippen molar-refractivity contribution in [1.82, 2.24) is 25.2 Å². The molecule has 194 valence electrons. The van der Waals surface area contributed by atoms with Gasteiger partial charge in [-0.15, -0.1) is 11.3 Å². The lowest BCUT2D eigenvalue weighted by atomic mass is 9.96. The third-order valence-electron chi connectivity index (χ3n) is 6.68. The number of carbonyl (C=O) groups is 1. The summed E-state index contributed by atoms with van der Waals surface area (Å²) in [5.74, 6) is -0.0101. The number of carbonyl (C=O) groups excluding carboxylic acids is 1. The van der Waals surface area contributed by atoms with Gasteiger partial charge >= 0.3 is 0 Å². The molecule has 4 rings (SSSR count). The molecule has 1 atom stereocenters. The van der Waals surface area contributed by atoms with E-state index in [2.05, 4.69) is 25.2 Å². The number of nitrogens with zero attached hydrogens (tertiary/aromatic N) is 6. The molecule has 1 aliphatic heterocycles. The van der Waals surface area contributed by atoms with Crippen LogP contribution in [0.2, 0.25) is 0 Å². The number of pyridine rings is 2. The Labute approximate surface area is 220 Å². The van der Waals surface area contributed by atoms with Gasteiger partial charge in [0.25, 0.3) is 5.91 Å². The molecule has 0 spiro atoms. The van der Waals surface area contributed by atoms with Gasteiger partial charge in [-0.2, -0.15) is 5.26 Å². The average molecular weight is 521 g/mol. The van der Waals surface area contributed by atoms with Crippen molar-refractivity contribution < 1.29 is 10.0 Å². The number of aromatic nitrogens is 3. The maximum Gasteiger partial charge on any atom is 0.270 e. The number of anilines is 2. The second kappa shape index (κ2) is 12.1. The van der Waals surface area contributed by atoms with Crippen LogP contribution in [0.3, 0.4) is 0 Å². The Balaban J connectivity index is 1.29. The largest absolute Gasteiger partial charge is 0.397 e. The molecule has 1 unspecified atom stereocenters. The highest BCUT2D eigenvalue weighted by Gasteiger charge is 2.24. The van der Waals surface area contributed by atoms with Crippen molar-refractivity contribution in [2.45, 2.75) is 45.7 Å². The number of nitrogen functional groups attached to an aromatic ring is 1. The first-order valence-corrected chi connectivity index (χ1v) is 13.3. The van der Waals surface area contributed by atoms with Gasteiger partial charge in [0.15, 0.2) is 5.82 Å². The first-order chi connectivity index (χ1) is 17.9. The monoisotopic (exact) mass is 520 g/mol. The van der Waals surface area contributed by atoms with Crippen molar-refractivity contribution in [2.75, 3.05) is 30.4 Å². The minimum atomic E-state index is -0.371. The summed E-state index contributed by atoms with van der Waals surface area (Å²) < 4.78 is 0. The third-order valence-corrected chi connectivity index (χ3v) is 7.68. The molecule has 4 N–H and O–H groups in total. The number of hydrogen-bond acceptors (Lipinski definition) is 10. The summed E-state index contributed by atoms with van der Waals surface area (Å²) in [5, 5.41) is 24.7. The first kappa shape index (κ1) is 26.5. The van der Waals surface area contributed by atoms with Crippen LogP contribution in [0.1, 0.15) is 54.0 Å². The van der Waals surface area contributed by atoms with Crippen molar-refractivity contribution >= 4 is 28.7 Å². The van der Waals surface area contributed by atoms with Gasteiger partial charge < -0.3 is 11.1 Å². The molecule has 0 bridgehead atoms. The van der Waals surface area contributed by atoms with E-state index in [4.69, 9.17) is 5.73 Å². The van der Waals surface area contributed by atoms with Gasteiger partial charge in [-0.25, -0.2) is 15.0 Å². The molecule has 0 aromatic carbocycles. The molecular weight excluding hydrogens is 488 g/mol. The minimum absolute atomic E-state index is 0.00424. The summed E-state index contributed by atoms with van der Waals surface area (Å²) in [5.41, 5.74) is 7.16. The number of hydrogen-bond donors (Lipinski definition) is 3. The van der Waals surface area contributed by atoms with Crippen LogP contribution in [0, 0.1) is 17.2 Å². The predicted molar refractivity (Wildman–Crippen MR) is 143 cm³/mol. The number of hydroxylamine groups is 1. The molecule has 10 nitrogen and oxygen atoms in total. The summed E-state index contributed by atoms with van der Waals surface area (Å²) in [6.45, 7) is 6.97. The van der Waals surface area contributed by atoms with Crippen molar-refractivity contribution in [3.8, 4) is 16.8 Å². The smallest absolute Gasteiger partial charge is 0.270 e. The SMILES string of the molecule is CCC(C)N(O)c1nc(C(=O)NCC2CCN(Cc3cnc(-c4ccccn4)s3)CC2)cc(N)c1C#N. The minimum Gasteiger partial charge on any atom is -0.397 e. The Morgan fingerprint density at radius 2 is 2.16 bits per heavy atom. The van der Waals surface area contributed by atoms with Gasteiger partial charge in [-0.05, 0) is 63.4 Å². The average Bonchev–Trinajstić information content (AvgIpc) is 3.40. The summed E-state index contributed by atoms with van der Waals surface area (Å²) in [6.07, 6.45) is 6.28. The van der Waals surface area contributed by atoms with Gasteiger partial charge in [0.1, 0.15) is 22.3 Å². The molecule has 0 saturated carbocycles. The fraction of sp³-hybridized carbons (Fsp3) is 0.423. The van der Waals surface area contributed by atoms with E-state index in [0.717, 1.165) is 48.2 Å². The summed E-state index contributed by atoms with van der Waals surface area (Å²) in [4.78, 5) is 29.6. The molecule has 1 aliphatic rings. The zero-order chi connectivity index (χ0) is 26.4. The number of nitrogens with two attached hydrogens (primary N) is 1. The Morgan fingerprint density at radius 1 is 1.38 bits per heavy atom. The Hall–Kier alpha value is -3.59. The zero-order valence-electron chi connectivity index (χ0n) is 21.1. The second-order valence-corrected chi connectivity index (χ2v) is 10.4. The maximum atomic E-state index is 12.8. The van der Waals surface area contributed by atoms with Crippen molar-refractivity contribution in [2.24, 2.45) is 5.92 Å². The Kier molecular flexibility index (Phi) is 8.66. The number of rotatable bonds is 9. The Bertz CT molecular complexity index is 1250. The number of likely N-dealkylation sites (tertiary alicyclic amines) is 1. The van der Waals surface area contributed by atoms with E-state index in [1.165, 1.54) is 10.9 Å². The van der Waals surface area contributed by atoms with Crippen molar-refractivity contribution in [3.05, 3.63) is 52.8 Å². The lowest BCUT2D eigenvalue weighted by Crippen LogP contribution is -2.38. The first-order valence-electron chi connectivity index (χ1n) is 12.4. The summed E-state index contributed by atoms with van der Waals surface area (Å²) >= 11 is 1.67. The van der Waals surface area contributed by atoms with Crippen LogP contribution in [-0.4, -0.2) is 56.6 Å². The molecule has 11 heteroatoms. The highest BCUT2D eigenvalue weighted by Crippen LogP contribution is 2.27. The highest BCUT2D eigenvalue weighted by atomic mass is 32.1. The number of nitriles is 1.